The van der Waals surface area contributed by atoms with Crippen molar-refractivity contribution >= 4 is 34.5 Å². The van der Waals surface area contributed by atoms with E-state index in [0.717, 1.165) is 16.5 Å². The van der Waals surface area contributed by atoms with E-state index in [4.69, 9.17) is 4.42 Å². The minimum atomic E-state index is -0.258. The summed E-state index contributed by atoms with van der Waals surface area (Å²) < 4.78 is 5.75. The highest BCUT2D eigenvalue weighted by molar-refractivity contribution is 7.99. The molecule has 1 N–H and O–H groups in total. The van der Waals surface area contributed by atoms with Crippen molar-refractivity contribution in [1.29, 1.82) is 0 Å². The molecule has 5 rings (SSSR count). The molecule has 28 heavy (non-hydrogen) atoms. The summed E-state index contributed by atoms with van der Waals surface area (Å²) in [5.41, 5.74) is 2.75. The van der Waals surface area contributed by atoms with Crippen LogP contribution in [0, 0.1) is 0 Å². The Morgan fingerprint density at radius 2 is 1.64 bits per heavy atom. The van der Waals surface area contributed by atoms with Gasteiger partial charge in [0.1, 0.15) is 0 Å². The molecule has 1 aliphatic heterocycles. The maximum Gasteiger partial charge on any atom is 0.276 e. The van der Waals surface area contributed by atoms with Crippen LogP contribution in [0.5, 0.6) is 0 Å². The summed E-state index contributed by atoms with van der Waals surface area (Å²) in [6, 6.07) is 14.7. The van der Waals surface area contributed by atoms with Crippen molar-refractivity contribution in [3.05, 3.63) is 65.9 Å². The summed E-state index contributed by atoms with van der Waals surface area (Å²) in [4.78, 5) is 29.2. The van der Waals surface area contributed by atoms with Crippen LogP contribution < -0.4 is 0 Å². The number of fused-ring (bicyclic) bond motifs is 2. The molecule has 0 aliphatic carbocycles. The van der Waals surface area contributed by atoms with Gasteiger partial charge in [-0.1, -0.05) is 42.1 Å². The number of aromatic amines is 1. The number of hydrogen-bond acceptors (Lipinski definition) is 6. The maximum atomic E-state index is 12.4. The highest BCUT2D eigenvalue weighted by Crippen LogP contribution is 2.30. The summed E-state index contributed by atoms with van der Waals surface area (Å²) in [7, 11) is 0. The van der Waals surface area contributed by atoms with Gasteiger partial charge in [-0.3, -0.25) is 14.5 Å². The molecule has 2 aromatic heterocycles. The fourth-order valence-electron chi connectivity index (χ4n) is 3.29. The van der Waals surface area contributed by atoms with Gasteiger partial charge in [-0.2, -0.15) is 0 Å². The molecule has 0 spiro atoms. The van der Waals surface area contributed by atoms with Crippen molar-refractivity contribution in [3.63, 3.8) is 0 Å². The molecule has 0 unspecified atom stereocenters. The molecule has 138 valence electrons. The van der Waals surface area contributed by atoms with E-state index in [2.05, 4.69) is 15.2 Å². The summed E-state index contributed by atoms with van der Waals surface area (Å²) >= 11 is 1.32. The van der Waals surface area contributed by atoms with Crippen molar-refractivity contribution in [3.8, 4) is 11.5 Å². The predicted molar refractivity (Wildman–Crippen MR) is 104 cm³/mol. The van der Waals surface area contributed by atoms with Crippen LogP contribution in [0.15, 0.2) is 64.4 Å². The first-order valence-corrected chi connectivity index (χ1v) is 9.69. The van der Waals surface area contributed by atoms with Gasteiger partial charge in [0.25, 0.3) is 22.9 Å². The number of H-pyrrole nitrogens is 1. The summed E-state index contributed by atoms with van der Waals surface area (Å²) in [6.07, 6.45) is 1.84. The first-order valence-electron chi connectivity index (χ1n) is 8.70. The molecule has 1 aliphatic rings. The lowest BCUT2D eigenvalue weighted by Crippen LogP contribution is -2.31. The molecule has 0 fully saturated rings. The Kier molecular flexibility index (Phi) is 3.98. The SMILES string of the molecule is O=C1c2ccccc2C(=O)N1CCSc1nnc(-c2c[nH]c3ccccc23)o1. The van der Waals surface area contributed by atoms with E-state index in [9.17, 15) is 9.59 Å². The van der Waals surface area contributed by atoms with Gasteiger partial charge in [0.05, 0.1) is 16.7 Å². The van der Waals surface area contributed by atoms with Crippen molar-refractivity contribution in [2.75, 3.05) is 12.3 Å². The number of carbonyl (C=O) groups is 2. The molecular weight excluding hydrogens is 376 g/mol. The van der Waals surface area contributed by atoms with Gasteiger partial charge in [-0.25, -0.2) is 0 Å². The average Bonchev–Trinajstić information content (AvgIpc) is 3.42. The van der Waals surface area contributed by atoms with Crippen LogP contribution in [0.25, 0.3) is 22.4 Å². The molecule has 8 heteroatoms. The van der Waals surface area contributed by atoms with Gasteiger partial charge >= 0.3 is 0 Å². The van der Waals surface area contributed by atoms with Crippen LogP contribution in [0.2, 0.25) is 0 Å². The van der Waals surface area contributed by atoms with Crippen molar-refractivity contribution in [1.82, 2.24) is 20.1 Å². The van der Waals surface area contributed by atoms with E-state index in [0.29, 0.717) is 28.0 Å². The number of imide groups is 1. The third-order valence-corrected chi connectivity index (χ3v) is 5.44. The molecule has 2 aromatic carbocycles. The third kappa shape index (κ3) is 2.69. The Labute approximate surface area is 163 Å². The first-order chi connectivity index (χ1) is 13.7. The number of nitrogens with one attached hydrogen (secondary N) is 1. The fourth-order valence-corrected chi connectivity index (χ4v) is 3.98. The van der Waals surface area contributed by atoms with Crippen molar-refractivity contribution < 1.29 is 14.0 Å². The largest absolute Gasteiger partial charge is 0.411 e. The summed E-state index contributed by atoms with van der Waals surface area (Å²) in [5.74, 6) is 0.388. The topological polar surface area (TPSA) is 92.1 Å². The third-order valence-electron chi connectivity index (χ3n) is 4.64. The fraction of sp³-hybridized carbons (Fsp3) is 0.100. The number of rotatable bonds is 5. The number of amides is 2. The highest BCUT2D eigenvalue weighted by atomic mass is 32.2. The van der Waals surface area contributed by atoms with Crippen LogP contribution in [0.1, 0.15) is 20.7 Å². The number of benzene rings is 2. The second-order valence-electron chi connectivity index (χ2n) is 6.28. The number of thioether (sulfide) groups is 1. The molecule has 0 radical (unpaired) electrons. The van der Waals surface area contributed by atoms with Gasteiger partial charge in [0.2, 0.25) is 0 Å². The van der Waals surface area contributed by atoms with E-state index < -0.39 is 0 Å². The van der Waals surface area contributed by atoms with Crippen LogP contribution in [0.3, 0.4) is 0 Å². The lowest BCUT2D eigenvalue weighted by molar-refractivity contribution is 0.0664. The monoisotopic (exact) mass is 390 g/mol. The van der Waals surface area contributed by atoms with Crippen molar-refractivity contribution in [2.45, 2.75) is 5.22 Å². The van der Waals surface area contributed by atoms with E-state index in [1.807, 2.05) is 30.5 Å². The van der Waals surface area contributed by atoms with Gasteiger partial charge in [-0.05, 0) is 18.2 Å². The first kappa shape index (κ1) is 16.8. The zero-order valence-corrected chi connectivity index (χ0v) is 15.4. The summed E-state index contributed by atoms with van der Waals surface area (Å²) in [6.45, 7) is 0.280. The lowest BCUT2D eigenvalue weighted by atomic mass is 10.1. The zero-order valence-electron chi connectivity index (χ0n) is 14.6. The van der Waals surface area contributed by atoms with E-state index in [-0.39, 0.29) is 18.4 Å². The number of carbonyl (C=O) groups excluding carboxylic acids is 2. The molecule has 0 atom stereocenters. The minimum absolute atomic E-state index is 0.258. The Morgan fingerprint density at radius 1 is 0.929 bits per heavy atom. The maximum absolute atomic E-state index is 12.4. The molecular formula is C20H14N4O3S. The van der Waals surface area contributed by atoms with Crippen LogP contribution in [-0.4, -0.2) is 44.2 Å². The second-order valence-corrected chi connectivity index (χ2v) is 7.32. The Balaban J connectivity index is 1.27. The molecule has 2 amide bonds. The number of hydrogen-bond donors (Lipinski definition) is 1. The Hall–Kier alpha value is -3.39. The second kappa shape index (κ2) is 6.65. The molecule has 4 aromatic rings. The van der Waals surface area contributed by atoms with Gasteiger partial charge in [0, 0.05) is 29.4 Å². The molecule has 7 nitrogen and oxygen atoms in total. The lowest BCUT2D eigenvalue weighted by Gasteiger charge is -2.12. The normalized spacial score (nSPS) is 13.5. The van der Waals surface area contributed by atoms with Crippen LogP contribution in [-0.2, 0) is 0 Å². The summed E-state index contributed by atoms with van der Waals surface area (Å²) in [5, 5.41) is 9.59. The average molecular weight is 390 g/mol. The van der Waals surface area contributed by atoms with Gasteiger partial charge in [0.15, 0.2) is 0 Å². The number of nitrogens with zero attached hydrogens (tertiary/aromatic N) is 3. The van der Waals surface area contributed by atoms with Gasteiger partial charge < -0.3 is 9.40 Å². The Morgan fingerprint density at radius 3 is 2.43 bits per heavy atom. The standard InChI is InChI=1S/C20H14N4O3S/c25-18-13-6-1-2-7-14(13)19(26)24(18)9-10-28-20-23-22-17(27-20)15-11-21-16-8-4-3-5-12(15)16/h1-8,11,21H,9-10H2. The zero-order chi connectivity index (χ0) is 19.1. The molecule has 0 saturated carbocycles. The molecule has 0 saturated heterocycles. The van der Waals surface area contributed by atoms with Crippen LogP contribution >= 0.6 is 11.8 Å². The Bertz CT molecular complexity index is 1180. The quantitative estimate of drug-likeness (QED) is 0.413. The number of para-hydroxylation sites is 1. The van der Waals surface area contributed by atoms with E-state index in [1.165, 1.54) is 16.7 Å². The van der Waals surface area contributed by atoms with Crippen molar-refractivity contribution in [2.24, 2.45) is 0 Å². The smallest absolute Gasteiger partial charge is 0.276 e. The van der Waals surface area contributed by atoms with Crippen LogP contribution in [0.4, 0.5) is 0 Å². The minimum Gasteiger partial charge on any atom is -0.411 e. The van der Waals surface area contributed by atoms with Gasteiger partial charge in [-0.15, -0.1) is 10.2 Å². The number of aromatic nitrogens is 3. The van der Waals surface area contributed by atoms with E-state index >= 15 is 0 Å². The predicted octanol–water partition coefficient (Wildman–Crippen LogP) is 3.61. The molecule has 3 heterocycles. The van der Waals surface area contributed by atoms with E-state index in [1.54, 1.807) is 24.3 Å². The molecule has 0 bridgehead atoms. The highest BCUT2D eigenvalue weighted by Gasteiger charge is 2.34.